The third-order valence-corrected chi connectivity index (χ3v) is 6.34. The second-order valence-electron chi connectivity index (χ2n) is 6.35. The van der Waals surface area contributed by atoms with Gasteiger partial charge in [-0.3, -0.25) is 4.79 Å². The van der Waals surface area contributed by atoms with Crippen LogP contribution in [0.2, 0.25) is 0 Å². The molecule has 154 valence electrons. The lowest BCUT2D eigenvalue weighted by molar-refractivity contribution is -0.137. The summed E-state index contributed by atoms with van der Waals surface area (Å²) >= 11 is 3.18. The van der Waals surface area contributed by atoms with Gasteiger partial charge in [0.2, 0.25) is 0 Å². The Bertz CT molecular complexity index is 1250. The molecule has 30 heavy (non-hydrogen) atoms. The zero-order valence-corrected chi connectivity index (χ0v) is 18.1. The molecule has 0 aliphatic rings. The first-order valence-electron chi connectivity index (χ1n) is 8.67. The van der Waals surface area contributed by atoms with E-state index in [1.165, 1.54) is 23.9 Å². The van der Waals surface area contributed by atoms with Crippen LogP contribution in [0.25, 0.3) is 11.0 Å². The van der Waals surface area contributed by atoms with Crippen molar-refractivity contribution in [2.24, 2.45) is 0 Å². The van der Waals surface area contributed by atoms with Crippen LogP contribution in [0, 0.1) is 3.57 Å². The van der Waals surface area contributed by atoms with Gasteiger partial charge in [-0.2, -0.15) is 13.2 Å². The summed E-state index contributed by atoms with van der Waals surface area (Å²) < 4.78 is 40.2. The quantitative estimate of drug-likeness (QED) is 0.228. The monoisotopic (exact) mass is 543 g/mol. The van der Waals surface area contributed by atoms with Crippen molar-refractivity contribution in [1.29, 1.82) is 0 Å². The predicted octanol–water partition coefficient (Wildman–Crippen LogP) is 4.48. The van der Waals surface area contributed by atoms with Crippen LogP contribution in [0.5, 0.6) is 0 Å². The summed E-state index contributed by atoms with van der Waals surface area (Å²) in [6, 6.07) is 12.4. The lowest BCUT2D eigenvalue weighted by atomic mass is 10.1. The van der Waals surface area contributed by atoms with Crippen LogP contribution in [0.4, 0.5) is 13.2 Å². The topological polar surface area (TPSA) is 76.5 Å². The van der Waals surface area contributed by atoms with Crippen LogP contribution < -0.4 is 5.56 Å². The standard InChI is InChI=1S/C19H13F3IN5OS/c20-19(21,22)12-7-5-11(6-8-12)10-30-18-24-14(16(23)17(29)25-18)9-28-15-4-2-1-3-13(15)26-27-28/h1-8H,9-10H2,(H,24,25,29). The first kappa shape index (κ1) is 20.8. The van der Waals surface area contributed by atoms with E-state index in [0.717, 1.165) is 23.2 Å². The molecule has 2 aromatic heterocycles. The van der Waals surface area contributed by atoms with Gasteiger partial charge >= 0.3 is 6.18 Å². The number of hydrogen-bond donors (Lipinski definition) is 1. The van der Waals surface area contributed by atoms with Gasteiger partial charge in [-0.05, 0) is 52.4 Å². The van der Waals surface area contributed by atoms with Gasteiger partial charge in [0.05, 0.1) is 23.3 Å². The van der Waals surface area contributed by atoms with E-state index < -0.39 is 11.7 Å². The third-order valence-electron chi connectivity index (χ3n) is 4.29. The largest absolute Gasteiger partial charge is 0.416 e. The molecule has 0 aliphatic heterocycles. The van der Waals surface area contributed by atoms with Gasteiger partial charge in [-0.25, -0.2) is 9.67 Å². The zero-order chi connectivity index (χ0) is 21.3. The van der Waals surface area contributed by atoms with Crippen LogP contribution in [0.15, 0.2) is 58.5 Å². The van der Waals surface area contributed by atoms with E-state index in [1.54, 1.807) is 4.68 Å². The van der Waals surface area contributed by atoms with Crippen molar-refractivity contribution in [2.45, 2.75) is 23.6 Å². The number of alkyl halides is 3. The van der Waals surface area contributed by atoms with E-state index in [9.17, 15) is 18.0 Å². The SMILES string of the molecule is O=c1[nH]c(SCc2ccc(C(F)(F)F)cc2)nc(Cn2nnc3ccccc32)c1I. The van der Waals surface area contributed by atoms with Crippen molar-refractivity contribution in [2.75, 3.05) is 0 Å². The molecule has 0 atom stereocenters. The molecule has 4 aromatic rings. The van der Waals surface area contributed by atoms with Gasteiger partial charge in [-0.1, -0.05) is 41.2 Å². The number of para-hydroxylation sites is 1. The van der Waals surface area contributed by atoms with Crippen molar-refractivity contribution in [3.63, 3.8) is 0 Å². The van der Waals surface area contributed by atoms with E-state index in [1.807, 2.05) is 46.9 Å². The summed E-state index contributed by atoms with van der Waals surface area (Å²) in [4.78, 5) is 19.6. The van der Waals surface area contributed by atoms with Gasteiger partial charge in [0.1, 0.15) is 9.09 Å². The maximum atomic E-state index is 12.7. The Labute approximate surface area is 186 Å². The van der Waals surface area contributed by atoms with Gasteiger partial charge in [0.15, 0.2) is 5.16 Å². The molecule has 6 nitrogen and oxygen atoms in total. The normalized spacial score (nSPS) is 11.9. The van der Waals surface area contributed by atoms with Crippen LogP contribution in [0.1, 0.15) is 16.8 Å². The summed E-state index contributed by atoms with van der Waals surface area (Å²) in [5.41, 5.74) is 1.84. The smallest absolute Gasteiger partial charge is 0.301 e. The average molecular weight is 543 g/mol. The van der Waals surface area contributed by atoms with Crippen molar-refractivity contribution in [1.82, 2.24) is 25.0 Å². The average Bonchev–Trinajstić information content (AvgIpc) is 3.12. The minimum absolute atomic E-state index is 0.274. The Morgan fingerprint density at radius 2 is 1.83 bits per heavy atom. The van der Waals surface area contributed by atoms with E-state index >= 15 is 0 Å². The number of nitrogens with one attached hydrogen (secondary N) is 1. The molecule has 0 saturated carbocycles. The molecule has 0 radical (unpaired) electrons. The fourth-order valence-corrected chi connectivity index (χ4v) is 4.03. The molecule has 0 bridgehead atoms. The lowest BCUT2D eigenvalue weighted by Crippen LogP contribution is -2.18. The first-order valence-corrected chi connectivity index (χ1v) is 10.7. The Kier molecular flexibility index (Phi) is 5.82. The highest BCUT2D eigenvalue weighted by molar-refractivity contribution is 14.1. The molecule has 2 heterocycles. The van der Waals surface area contributed by atoms with Crippen LogP contribution >= 0.6 is 34.4 Å². The molecule has 4 rings (SSSR count). The second-order valence-corrected chi connectivity index (χ2v) is 8.39. The molecule has 0 unspecified atom stereocenters. The van der Waals surface area contributed by atoms with Crippen molar-refractivity contribution in [3.05, 3.63) is 79.3 Å². The molecule has 0 saturated heterocycles. The Morgan fingerprint density at radius 3 is 2.57 bits per heavy atom. The maximum Gasteiger partial charge on any atom is 0.416 e. The van der Waals surface area contributed by atoms with Crippen LogP contribution in [0.3, 0.4) is 0 Å². The predicted molar refractivity (Wildman–Crippen MR) is 115 cm³/mol. The van der Waals surface area contributed by atoms with E-state index in [2.05, 4.69) is 20.3 Å². The number of hydrogen-bond acceptors (Lipinski definition) is 5. The fourth-order valence-electron chi connectivity index (χ4n) is 2.77. The second kappa shape index (κ2) is 8.38. The lowest BCUT2D eigenvalue weighted by Gasteiger charge is -2.09. The Balaban J connectivity index is 1.54. The molecule has 0 aliphatic carbocycles. The molecular weight excluding hydrogens is 530 g/mol. The molecule has 2 aromatic carbocycles. The summed E-state index contributed by atoms with van der Waals surface area (Å²) in [7, 11) is 0. The number of aromatic nitrogens is 5. The molecule has 1 N–H and O–H groups in total. The summed E-state index contributed by atoms with van der Waals surface area (Å²) in [5, 5.41) is 8.61. The molecule has 0 amide bonds. The highest BCUT2D eigenvalue weighted by atomic mass is 127. The van der Waals surface area contributed by atoms with Crippen molar-refractivity contribution < 1.29 is 13.2 Å². The minimum Gasteiger partial charge on any atom is -0.301 e. The highest BCUT2D eigenvalue weighted by Crippen LogP contribution is 2.30. The molecule has 0 spiro atoms. The number of nitrogens with zero attached hydrogens (tertiary/aromatic N) is 4. The van der Waals surface area contributed by atoms with Gasteiger partial charge in [-0.15, -0.1) is 5.10 Å². The van der Waals surface area contributed by atoms with Crippen molar-refractivity contribution >= 4 is 45.4 Å². The number of benzene rings is 2. The van der Waals surface area contributed by atoms with Gasteiger partial charge in [0.25, 0.3) is 5.56 Å². The fraction of sp³-hybridized carbons (Fsp3) is 0.158. The van der Waals surface area contributed by atoms with Gasteiger partial charge in [0, 0.05) is 5.75 Å². The Morgan fingerprint density at radius 1 is 1.10 bits per heavy atom. The Hall–Kier alpha value is -2.41. The summed E-state index contributed by atoms with van der Waals surface area (Å²) in [6.07, 6.45) is -4.37. The summed E-state index contributed by atoms with van der Waals surface area (Å²) in [5.74, 6) is 0.368. The molecule has 0 fully saturated rings. The molecule has 11 heteroatoms. The number of aromatic amines is 1. The first-order chi connectivity index (χ1) is 14.3. The third kappa shape index (κ3) is 4.51. The van der Waals surface area contributed by atoms with E-state index in [4.69, 9.17) is 0 Å². The van der Waals surface area contributed by atoms with Gasteiger partial charge < -0.3 is 4.98 Å². The minimum atomic E-state index is -4.37. The van der Waals surface area contributed by atoms with Crippen LogP contribution in [-0.4, -0.2) is 25.0 Å². The maximum absolute atomic E-state index is 12.7. The number of H-pyrrole nitrogens is 1. The molecular formula is C19H13F3IN5OS. The van der Waals surface area contributed by atoms with Crippen LogP contribution in [-0.2, 0) is 18.5 Å². The number of fused-ring (bicyclic) bond motifs is 1. The number of halogens is 4. The van der Waals surface area contributed by atoms with E-state index in [-0.39, 0.29) is 12.1 Å². The van der Waals surface area contributed by atoms with E-state index in [0.29, 0.717) is 25.7 Å². The summed E-state index contributed by atoms with van der Waals surface area (Å²) in [6.45, 7) is 0.274. The van der Waals surface area contributed by atoms with Crippen molar-refractivity contribution in [3.8, 4) is 0 Å². The number of thioether (sulfide) groups is 1. The highest BCUT2D eigenvalue weighted by Gasteiger charge is 2.29. The zero-order valence-electron chi connectivity index (χ0n) is 15.2. The number of rotatable bonds is 5.